The Bertz CT molecular complexity index is 785. The van der Waals surface area contributed by atoms with Crippen LogP contribution in [0.2, 0.25) is 0 Å². The molecule has 2 aliphatic rings. The first-order valence-corrected chi connectivity index (χ1v) is 11.6. The normalized spacial score (nSPS) is 26.9. The van der Waals surface area contributed by atoms with Gasteiger partial charge in [-0.2, -0.15) is 11.8 Å². The number of fused-ring (bicyclic) bond motifs is 1. The number of rotatable bonds is 7. The predicted octanol–water partition coefficient (Wildman–Crippen LogP) is 3.51. The second-order valence-electron chi connectivity index (χ2n) is 8.62. The number of aromatic nitrogens is 2. The fourth-order valence-electron chi connectivity index (χ4n) is 4.72. The molecular weight excluding hydrogens is 366 g/mol. The van der Waals surface area contributed by atoms with E-state index in [-0.39, 0.29) is 12.1 Å². The van der Waals surface area contributed by atoms with E-state index in [2.05, 4.69) is 28.2 Å². The number of aryl methyl sites for hydroxylation is 2. The highest BCUT2D eigenvalue weighted by atomic mass is 32.2. The molecule has 3 atom stereocenters. The van der Waals surface area contributed by atoms with Gasteiger partial charge in [-0.1, -0.05) is 18.2 Å². The first-order chi connectivity index (χ1) is 13.6. The Hall–Kier alpha value is -1.43. The van der Waals surface area contributed by atoms with Gasteiger partial charge in [0.1, 0.15) is 0 Å². The monoisotopic (exact) mass is 397 g/mol. The first-order valence-electron chi connectivity index (χ1n) is 10.5. The van der Waals surface area contributed by atoms with E-state index >= 15 is 0 Å². The maximum Gasteiger partial charge on any atom is 0.0611 e. The molecule has 1 saturated carbocycles. The van der Waals surface area contributed by atoms with Crippen molar-refractivity contribution in [3.8, 4) is 0 Å². The fraction of sp³-hybridized carbons (Fsp3) is 0.565. The van der Waals surface area contributed by atoms with E-state index in [1.54, 1.807) is 12.4 Å². The van der Waals surface area contributed by atoms with E-state index < -0.39 is 0 Å². The highest BCUT2D eigenvalue weighted by Gasteiger charge is 2.36. The van der Waals surface area contributed by atoms with Crippen molar-refractivity contribution < 1.29 is 5.11 Å². The van der Waals surface area contributed by atoms with Gasteiger partial charge in [-0.3, -0.25) is 9.97 Å². The van der Waals surface area contributed by atoms with Crippen LogP contribution in [0.5, 0.6) is 0 Å². The molecule has 0 amide bonds. The molecule has 4 rings (SSSR count). The number of thioether (sulfide) groups is 1. The standard InChI is InChI=1S/C23H31N3OS/c24-23(16-27)7-5-21(13-23)20-4-3-18-11-17(1-2-19(18)12-20)15-28-10-6-22-14-25-8-9-26-22/h3-4,8-9,12,14,17,21,27H,1-2,5-7,10-11,13,15-16,24H2/t17-,21+,23-/m1/s1. The van der Waals surface area contributed by atoms with Crippen LogP contribution < -0.4 is 5.73 Å². The number of nitrogens with zero attached hydrogens (tertiary/aromatic N) is 2. The minimum absolute atomic E-state index is 0.102. The Morgan fingerprint density at radius 3 is 2.93 bits per heavy atom. The summed E-state index contributed by atoms with van der Waals surface area (Å²) in [7, 11) is 0. The second-order valence-corrected chi connectivity index (χ2v) is 9.77. The molecular formula is C23H31N3OS. The Labute approximate surface area is 172 Å². The van der Waals surface area contributed by atoms with E-state index in [1.807, 2.05) is 18.0 Å². The summed E-state index contributed by atoms with van der Waals surface area (Å²) in [5.41, 5.74) is 11.5. The zero-order valence-corrected chi connectivity index (χ0v) is 17.3. The molecule has 4 nitrogen and oxygen atoms in total. The SMILES string of the molecule is N[C@]1(CO)CC[C@H](c2ccc3c(c2)CC[C@@H](CSCCc2cnccn2)C3)C1. The van der Waals surface area contributed by atoms with Crippen molar-refractivity contribution in [3.63, 3.8) is 0 Å². The van der Waals surface area contributed by atoms with Crippen molar-refractivity contribution in [1.82, 2.24) is 9.97 Å². The summed E-state index contributed by atoms with van der Waals surface area (Å²) in [5, 5.41) is 9.53. The van der Waals surface area contributed by atoms with Crippen LogP contribution in [0.25, 0.3) is 0 Å². The lowest BCUT2D eigenvalue weighted by Gasteiger charge is -2.26. The van der Waals surface area contributed by atoms with Gasteiger partial charge >= 0.3 is 0 Å². The molecule has 1 heterocycles. The average Bonchev–Trinajstić information content (AvgIpc) is 3.14. The molecule has 0 radical (unpaired) electrons. The van der Waals surface area contributed by atoms with Gasteiger partial charge in [-0.15, -0.1) is 0 Å². The van der Waals surface area contributed by atoms with Gasteiger partial charge in [-0.25, -0.2) is 0 Å². The van der Waals surface area contributed by atoms with Crippen molar-refractivity contribution in [2.24, 2.45) is 11.7 Å². The first kappa shape index (κ1) is 19.9. The number of hydrogen-bond donors (Lipinski definition) is 2. The van der Waals surface area contributed by atoms with Crippen LogP contribution in [0.15, 0.2) is 36.8 Å². The van der Waals surface area contributed by atoms with E-state index in [0.717, 1.165) is 43.0 Å². The quantitative estimate of drug-likeness (QED) is 0.700. The molecule has 0 aliphatic heterocycles. The van der Waals surface area contributed by atoms with Gasteiger partial charge in [0.2, 0.25) is 0 Å². The van der Waals surface area contributed by atoms with Gasteiger partial charge in [-0.05, 0) is 78.6 Å². The molecule has 1 aromatic carbocycles. The summed E-state index contributed by atoms with van der Waals surface area (Å²) < 4.78 is 0. The van der Waals surface area contributed by atoms with Crippen LogP contribution in [0.1, 0.15) is 54.0 Å². The molecule has 150 valence electrons. The summed E-state index contributed by atoms with van der Waals surface area (Å²) in [6, 6.07) is 7.10. The maximum absolute atomic E-state index is 9.53. The minimum atomic E-state index is -0.367. The van der Waals surface area contributed by atoms with Crippen molar-refractivity contribution >= 4 is 11.8 Å². The van der Waals surface area contributed by atoms with Crippen LogP contribution in [-0.2, 0) is 19.3 Å². The predicted molar refractivity (Wildman–Crippen MR) is 116 cm³/mol. The molecule has 1 fully saturated rings. The number of hydrogen-bond acceptors (Lipinski definition) is 5. The van der Waals surface area contributed by atoms with Gasteiger partial charge in [0.05, 0.1) is 12.3 Å². The van der Waals surface area contributed by atoms with Crippen molar-refractivity contribution in [3.05, 3.63) is 59.2 Å². The molecule has 3 N–H and O–H groups in total. The topological polar surface area (TPSA) is 72.0 Å². The molecule has 2 aliphatic carbocycles. The highest BCUT2D eigenvalue weighted by molar-refractivity contribution is 7.99. The van der Waals surface area contributed by atoms with E-state index in [9.17, 15) is 5.11 Å². The third-order valence-electron chi connectivity index (χ3n) is 6.46. The van der Waals surface area contributed by atoms with Crippen molar-refractivity contribution in [1.29, 1.82) is 0 Å². The Balaban J connectivity index is 1.27. The summed E-state index contributed by atoms with van der Waals surface area (Å²) in [5.74, 6) is 3.64. The lowest BCUT2D eigenvalue weighted by Crippen LogP contribution is -2.40. The van der Waals surface area contributed by atoms with Gasteiger partial charge in [0, 0.05) is 30.6 Å². The molecule has 0 saturated heterocycles. The molecule has 0 bridgehead atoms. The average molecular weight is 398 g/mol. The van der Waals surface area contributed by atoms with Crippen LogP contribution >= 0.6 is 11.8 Å². The molecule has 2 aromatic rings. The lowest BCUT2D eigenvalue weighted by molar-refractivity contribution is 0.198. The van der Waals surface area contributed by atoms with Crippen molar-refractivity contribution in [2.75, 3.05) is 18.1 Å². The third-order valence-corrected chi connectivity index (χ3v) is 7.66. The third kappa shape index (κ3) is 4.76. The lowest BCUT2D eigenvalue weighted by atomic mass is 9.82. The molecule has 1 aromatic heterocycles. The van der Waals surface area contributed by atoms with Crippen LogP contribution in [0, 0.1) is 5.92 Å². The summed E-state index contributed by atoms with van der Waals surface area (Å²) >= 11 is 2.05. The maximum atomic E-state index is 9.53. The molecule has 28 heavy (non-hydrogen) atoms. The van der Waals surface area contributed by atoms with Gasteiger partial charge in [0.25, 0.3) is 0 Å². The largest absolute Gasteiger partial charge is 0.394 e. The molecule has 5 heteroatoms. The fourth-order valence-corrected chi connectivity index (χ4v) is 5.86. The number of aliphatic hydroxyl groups is 1. The number of nitrogens with two attached hydrogens (primary N) is 1. The zero-order valence-electron chi connectivity index (χ0n) is 16.5. The van der Waals surface area contributed by atoms with E-state index in [4.69, 9.17) is 5.73 Å². The summed E-state index contributed by atoms with van der Waals surface area (Å²) in [6.07, 6.45) is 13.0. The second kappa shape index (κ2) is 8.93. The summed E-state index contributed by atoms with van der Waals surface area (Å²) in [6.45, 7) is 0.102. The van der Waals surface area contributed by atoms with Gasteiger partial charge in [0.15, 0.2) is 0 Å². The number of aliphatic hydroxyl groups excluding tert-OH is 1. The van der Waals surface area contributed by atoms with Crippen LogP contribution in [-0.4, -0.2) is 38.7 Å². The van der Waals surface area contributed by atoms with Crippen molar-refractivity contribution in [2.45, 2.75) is 56.4 Å². The number of benzene rings is 1. The molecule has 0 spiro atoms. The zero-order chi connectivity index (χ0) is 19.4. The van der Waals surface area contributed by atoms with Gasteiger partial charge < -0.3 is 10.8 Å². The van der Waals surface area contributed by atoms with Crippen LogP contribution in [0.4, 0.5) is 0 Å². The van der Waals surface area contributed by atoms with E-state index in [1.165, 1.54) is 41.7 Å². The molecule has 0 unspecified atom stereocenters. The van der Waals surface area contributed by atoms with E-state index in [0.29, 0.717) is 5.92 Å². The highest BCUT2D eigenvalue weighted by Crippen LogP contribution is 2.40. The Morgan fingerprint density at radius 2 is 2.14 bits per heavy atom. The summed E-state index contributed by atoms with van der Waals surface area (Å²) in [4.78, 5) is 8.49. The van der Waals surface area contributed by atoms with Crippen LogP contribution in [0.3, 0.4) is 0 Å². The Kier molecular flexibility index (Phi) is 6.34. The Morgan fingerprint density at radius 1 is 1.21 bits per heavy atom. The minimum Gasteiger partial charge on any atom is -0.394 e. The smallest absolute Gasteiger partial charge is 0.0611 e.